The summed E-state index contributed by atoms with van der Waals surface area (Å²) in [6.07, 6.45) is 4.18. The number of carboxylic acid groups (broad SMARTS) is 1. The van der Waals surface area contributed by atoms with E-state index in [2.05, 4.69) is 15.0 Å². The van der Waals surface area contributed by atoms with E-state index >= 15 is 0 Å². The number of nitrogens with one attached hydrogen (secondary N) is 1. The van der Waals surface area contributed by atoms with Gasteiger partial charge in [0.2, 0.25) is 0 Å². The molecule has 1 spiro atoms. The molecule has 1 saturated heterocycles. The van der Waals surface area contributed by atoms with Gasteiger partial charge in [-0.2, -0.15) is 0 Å². The smallest absolute Gasteiger partial charge is 0.341 e. The van der Waals surface area contributed by atoms with E-state index < -0.39 is 28.6 Å². The van der Waals surface area contributed by atoms with E-state index in [9.17, 15) is 24.9 Å². The molecule has 2 aliphatic heterocycles. The maximum absolute atomic E-state index is 13.6. The van der Waals surface area contributed by atoms with Gasteiger partial charge in [0.1, 0.15) is 5.56 Å². The number of fused-ring (bicyclic) bond motifs is 3. The van der Waals surface area contributed by atoms with E-state index in [0.717, 1.165) is 28.7 Å². The van der Waals surface area contributed by atoms with Crippen molar-refractivity contribution in [2.75, 3.05) is 13.1 Å². The van der Waals surface area contributed by atoms with Crippen LogP contribution in [0.4, 0.5) is 0 Å². The van der Waals surface area contributed by atoms with Gasteiger partial charge in [-0.05, 0) is 49.8 Å². The van der Waals surface area contributed by atoms with Crippen LogP contribution in [0.2, 0.25) is 0 Å². The van der Waals surface area contributed by atoms with Crippen molar-refractivity contribution in [1.29, 1.82) is 0 Å². The minimum Gasteiger partial charge on any atom is -0.504 e. The number of aromatic nitrogens is 3. The molecule has 2 aromatic heterocycles. The first kappa shape index (κ1) is 19.9. The van der Waals surface area contributed by atoms with Crippen LogP contribution >= 0.6 is 0 Å². The second-order valence-electron chi connectivity index (χ2n) is 10.9. The number of piperidine rings is 1. The van der Waals surface area contributed by atoms with Gasteiger partial charge in [-0.1, -0.05) is 6.07 Å². The van der Waals surface area contributed by atoms with Crippen molar-refractivity contribution in [2.45, 2.75) is 55.3 Å². The van der Waals surface area contributed by atoms with Gasteiger partial charge in [-0.25, -0.2) is 14.3 Å². The van der Waals surface area contributed by atoms with Crippen molar-refractivity contribution >= 4 is 11.6 Å². The van der Waals surface area contributed by atoms with Gasteiger partial charge in [0.25, 0.3) is 5.56 Å². The first-order chi connectivity index (χ1) is 16.8. The molecular formula is C25H24N4O6. The highest BCUT2D eigenvalue weighted by Gasteiger charge is 2.73. The predicted octanol–water partition coefficient (Wildman–Crippen LogP) is 1.13. The third kappa shape index (κ3) is 2.17. The highest BCUT2D eigenvalue weighted by Crippen LogP contribution is 2.68. The van der Waals surface area contributed by atoms with Gasteiger partial charge < -0.3 is 20.1 Å². The quantitative estimate of drug-likeness (QED) is 0.441. The molecule has 4 N–H and O–H groups in total. The number of aromatic carboxylic acids is 1. The number of H-pyrrole nitrogens is 1. The third-order valence-electron chi connectivity index (χ3n) is 9.23. The summed E-state index contributed by atoms with van der Waals surface area (Å²) in [6, 6.07) is 3.36. The fourth-order valence-corrected chi connectivity index (χ4v) is 7.53. The molecule has 2 fully saturated rings. The van der Waals surface area contributed by atoms with Crippen molar-refractivity contribution in [1.82, 2.24) is 19.5 Å². The lowest BCUT2D eigenvalue weighted by molar-refractivity contribution is -0.173. The SMILES string of the molecule is O=C(O)c1c[nH]n2c(=O)c3c(nc12)[C@@H]1Oc2c(O)ccc4c2[C@@]12CCN(CC1CC1)[C@@H](C4)[C@]2(O)C3. The third-order valence-corrected chi connectivity index (χ3v) is 9.23. The summed E-state index contributed by atoms with van der Waals surface area (Å²) in [7, 11) is 0. The van der Waals surface area contributed by atoms with Gasteiger partial charge in [-0.15, -0.1) is 0 Å². The molecule has 4 heterocycles. The van der Waals surface area contributed by atoms with Gasteiger partial charge in [0.05, 0.1) is 16.7 Å². The minimum atomic E-state index is -1.29. The second-order valence-corrected chi connectivity index (χ2v) is 10.9. The number of phenols is 1. The Kier molecular flexibility index (Phi) is 3.44. The zero-order chi connectivity index (χ0) is 23.9. The highest BCUT2D eigenvalue weighted by atomic mass is 16.5. The average Bonchev–Trinajstić information content (AvgIpc) is 3.40. The topological polar surface area (TPSA) is 140 Å². The Bertz CT molecular complexity index is 1540. The van der Waals surface area contributed by atoms with E-state index in [0.29, 0.717) is 35.8 Å². The first-order valence-corrected chi connectivity index (χ1v) is 12.2. The van der Waals surface area contributed by atoms with Crippen molar-refractivity contribution in [3.63, 3.8) is 0 Å². The fraction of sp³-hybridized carbons (Fsp3) is 0.480. The average molecular weight is 476 g/mol. The number of benzene rings is 1. The van der Waals surface area contributed by atoms with Gasteiger partial charge in [0.15, 0.2) is 23.3 Å². The van der Waals surface area contributed by atoms with Gasteiger partial charge in [0, 0.05) is 36.3 Å². The monoisotopic (exact) mass is 476 g/mol. The molecule has 35 heavy (non-hydrogen) atoms. The Morgan fingerprint density at radius 3 is 2.91 bits per heavy atom. The van der Waals surface area contributed by atoms with Crippen molar-refractivity contribution in [3.8, 4) is 11.5 Å². The van der Waals surface area contributed by atoms with Crippen LogP contribution in [0.5, 0.6) is 11.5 Å². The van der Waals surface area contributed by atoms with E-state index in [1.165, 1.54) is 19.0 Å². The number of hydrogen-bond donors (Lipinski definition) is 4. The molecule has 0 radical (unpaired) electrons. The lowest BCUT2D eigenvalue weighted by atomic mass is 9.49. The lowest BCUT2D eigenvalue weighted by Gasteiger charge is -2.62. The summed E-state index contributed by atoms with van der Waals surface area (Å²) in [5.41, 5.74) is -0.115. The van der Waals surface area contributed by atoms with Crippen LogP contribution in [0.3, 0.4) is 0 Å². The fourth-order valence-electron chi connectivity index (χ4n) is 7.53. The van der Waals surface area contributed by atoms with Crippen molar-refractivity contribution in [3.05, 3.63) is 56.6 Å². The molecule has 4 atom stereocenters. The van der Waals surface area contributed by atoms with Crippen LogP contribution in [0.15, 0.2) is 23.1 Å². The van der Waals surface area contributed by atoms with E-state index in [1.807, 2.05) is 6.07 Å². The van der Waals surface area contributed by atoms with Crippen LogP contribution < -0.4 is 10.3 Å². The Morgan fingerprint density at radius 2 is 2.14 bits per heavy atom. The number of ether oxygens (including phenoxy) is 1. The zero-order valence-electron chi connectivity index (χ0n) is 18.8. The van der Waals surface area contributed by atoms with Crippen molar-refractivity contribution in [2.24, 2.45) is 5.92 Å². The Hall–Kier alpha value is -3.37. The molecule has 0 amide bonds. The number of aliphatic hydroxyl groups is 1. The maximum Gasteiger partial charge on any atom is 0.341 e. The molecular weight excluding hydrogens is 452 g/mol. The van der Waals surface area contributed by atoms with Gasteiger partial charge in [-0.3, -0.25) is 14.8 Å². The Balaban J connectivity index is 1.42. The molecule has 0 unspecified atom stereocenters. The minimum absolute atomic E-state index is 0.000884. The number of aromatic hydroxyl groups is 1. The molecule has 2 bridgehead atoms. The van der Waals surface area contributed by atoms with Crippen LogP contribution in [0.1, 0.15) is 58.1 Å². The summed E-state index contributed by atoms with van der Waals surface area (Å²) < 4.78 is 7.55. The summed E-state index contributed by atoms with van der Waals surface area (Å²) >= 11 is 0. The van der Waals surface area contributed by atoms with E-state index in [4.69, 9.17) is 4.74 Å². The number of nitrogens with zero attached hydrogens (tertiary/aromatic N) is 3. The number of phenolic OH excluding ortho intramolecular Hbond substituents is 1. The Morgan fingerprint density at radius 1 is 1.31 bits per heavy atom. The summed E-state index contributed by atoms with van der Waals surface area (Å²) in [5.74, 6) is -0.192. The van der Waals surface area contributed by atoms with E-state index in [1.54, 1.807) is 6.07 Å². The molecule has 3 aromatic rings. The van der Waals surface area contributed by atoms with Gasteiger partial charge >= 0.3 is 5.97 Å². The van der Waals surface area contributed by atoms with Crippen molar-refractivity contribution < 1.29 is 24.9 Å². The standard InChI is InChI=1S/C25H24N4O6/c30-15-4-3-12-7-16-25(34)8-13-18(27-21-14(23(32)33)9-26-29(21)22(13)31)20-24(25,17(12)19(15)35-20)5-6-28(16)10-11-1-2-11/h3-4,9,11,16,20,26,30,34H,1-2,5-8,10H2,(H,32,33)/t16-,20-,24-,25+/m0/s1. The van der Waals surface area contributed by atoms with Crippen LogP contribution in [0.25, 0.3) is 5.65 Å². The lowest BCUT2D eigenvalue weighted by Crippen LogP contribution is -2.75. The van der Waals surface area contributed by atoms with Crippen LogP contribution in [-0.2, 0) is 18.3 Å². The number of rotatable bonds is 3. The molecule has 1 aromatic carbocycles. The highest BCUT2D eigenvalue weighted by molar-refractivity contribution is 5.94. The number of carboxylic acids is 1. The molecule has 5 aliphatic rings. The summed E-state index contributed by atoms with van der Waals surface area (Å²) in [5, 5.41) is 35.7. The molecule has 3 aliphatic carbocycles. The summed E-state index contributed by atoms with van der Waals surface area (Å²) in [6.45, 7) is 1.70. The molecule has 8 rings (SSSR count). The van der Waals surface area contributed by atoms with E-state index in [-0.39, 0.29) is 29.4 Å². The Labute approximate surface area is 198 Å². The summed E-state index contributed by atoms with van der Waals surface area (Å²) in [4.78, 5) is 32.5. The maximum atomic E-state index is 13.6. The predicted molar refractivity (Wildman–Crippen MR) is 121 cm³/mol. The zero-order valence-corrected chi connectivity index (χ0v) is 18.8. The number of aromatic amines is 1. The van der Waals surface area contributed by atoms with Crippen LogP contribution in [-0.4, -0.2) is 65.5 Å². The second kappa shape index (κ2) is 6.06. The number of hydrogen-bond acceptors (Lipinski definition) is 7. The first-order valence-electron chi connectivity index (χ1n) is 12.2. The van der Waals surface area contributed by atoms with Crippen LogP contribution in [0, 0.1) is 5.92 Å². The molecule has 10 heteroatoms. The molecule has 1 saturated carbocycles. The number of likely N-dealkylation sites (tertiary alicyclic amines) is 1. The molecule has 180 valence electrons. The molecule has 10 nitrogen and oxygen atoms in total. The number of carbonyl (C=O) groups is 1. The normalized spacial score (nSPS) is 32.3. The largest absolute Gasteiger partial charge is 0.504 e.